The summed E-state index contributed by atoms with van der Waals surface area (Å²) in [6, 6.07) is 8.52. The van der Waals surface area contributed by atoms with Crippen LogP contribution in [0.3, 0.4) is 0 Å². The molecule has 1 aliphatic rings. The average Bonchev–Trinajstić information content (AvgIpc) is 3.16. The number of carbonyl (C=O) groups excluding carboxylic acids is 2. The maximum Gasteiger partial charge on any atom is 0.324 e. The van der Waals surface area contributed by atoms with Crippen molar-refractivity contribution < 1.29 is 14.1 Å². The number of hydrogen-bond donors (Lipinski definition) is 3. The number of nitrogens with one attached hydrogen (secondary N) is 2. The molecule has 0 aliphatic carbocycles. The fourth-order valence-corrected chi connectivity index (χ4v) is 3.02. The predicted octanol–water partition coefficient (Wildman–Crippen LogP) is 2.08. The van der Waals surface area contributed by atoms with Gasteiger partial charge in [-0.1, -0.05) is 17.3 Å². The highest BCUT2D eigenvalue weighted by atomic mass is 16.5. The Morgan fingerprint density at radius 3 is 2.92 bits per heavy atom. The van der Waals surface area contributed by atoms with Gasteiger partial charge in [-0.05, 0) is 44.0 Å². The lowest BCUT2D eigenvalue weighted by molar-refractivity contribution is -0.122. The van der Waals surface area contributed by atoms with Gasteiger partial charge in [-0.2, -0.15) is 0 Å². The molecule has 2 heterocycles. The number of rotatable bonds is 5. The van der Waals surface area contributed by atoms with Crippen LogP contribution in [0.25, 0.3) is 0 Å². The molecule has 1 aromatic carbocycles. The SMILES string of the molecule is Cc1cc(NC(=O)Nc2cccc(CN3CCC[C@H]3C(N)=O)c2)no1. The fourth-order valence-electron chi connectivity index (χ4n) is 3.02. The van der Waals surface area contributed by atoms with Gasteiger partial charge in [-0.3, -0.25) is 15.0 Å². The zero-order valence-corrected chi connectivity index (χ0v) is 14.0. The number of aryl methyl sites for hydroxylation is 1. The van der Waals surface area contributed by atoms with E-state index in [-0.39, 0.29) is 11.9 Å². The van der Waals surface area contributed by atoms with Crippen LogP contribution in [0.2, 0.25) is 0 Å². The van der Waals surface area contributed by atoms with E-state index in [0.717, 1.165) is 24.9 Å². The second kappa shape index (κ2) is 7.35. The molecule has 3 rings (SSSR count). The van der Waals surface area contributed by atoms with Crippen LogP contribution < -0.4 is 16.4 Å². The smallest absolute Gasteiger partial charge is 0.324 e. The molecule has 0 bridgehead atoms. The molecule has 1 saturated heterocycles. The summed E-state index contributed by atoms with van der Waals surface area (Å²) in [6.07, 6.45) is 1.76. The first kappa shape index (κ1) is 17.0. The Morgan fingerprint density at radius 2 is 2.20 bits per heavy atom. The van der Waals surface area contributed by atoms with E-state index in [4.69, 9.17) is 10.3 Å². The largest absolute Gasteiger partial charge is 0.368 e. The van der Waals surface area contributed by atoms with Gasteiger partial charge >= 0.3 is 6.03 Å². The van der Waals surface area contributed by atoms with E-state index >= 15 is 0 Å². The van der Waals surface area contributed by atoms with Gasteiger partial charge in [-0.25, -0.2) is 4.79 Å². The molecule has 1 fully saturated rings. The van der Waals surface area contributed by atoms with E-state index in [0.29, 0.717) is 23.8 Å². The van der Waals surface area contributed by atoms with Gasteiger partial charge in [0.15, 0.2) is 5.82 Å². The number of carbonyl (C=O) groups is 2. The van der Waals surface area contributed by atoms with Gasteiger partial charge < -0.3 is 15.6 Å². The standard InChI is InChI=1S/C17H21N5O3/c1-11-8-15(21-25-11)20-17(24)19-13-5-2-4-12(9-13)10-22-7-3-6-14(22)16(18)23/h2,4-5,8-9,14H,3,6-7,10H2,1H3,(H2,18,23)(H2,19,20,21,24)/t14-/m0/s1. The Kier molecular flexibility index (Phi) is 4.99. The van der Waals surface area contributed by atoms with Crippen LogP contribution in [0.4, 0.5) is 16.3 Å². The molecule has 0 radical (unpaired) electrons. The number of nitrogens with two attached hydrogens (primary N) is 1. The van der Waals surface area contributed by atoms with Crippen molar-refractivity contribution in [2.75, 3.05) is 17.2 Å². The molecule has 25 heavy (non-hydrogen) atoms. The van der Waals surface area contributed by atoms with Crippen LogP contribution in [0, 0.1) is 6.92 Å². The lowest BCUT2D eigenvalue weighted by atomic mass is 10.1. The van der Waals surface area contributed by atoms with Crippen LogP contribution in [0.1, 0.15) is 24.2 Å². The summed E-state index contributed by atoms with van der Waals surface area (Å²) >= 11 is 0. The number of likely N-dealkylation sites (tertiary alicyclic amines) is 1. The van der Waals surface area contributed by atoms with Crippen LogP contribution >= 0.6 is 0 Å². The zero-order valence-electron chi connectivity index (χ0n) is 14.0. The Labute approximate surface area is 145 Å². The number of urea groups is 1. The number of aromatic nitrogens is 1. The number of nitrogens with zero attached hydrogens (tertiary/aromatic N) is 2. The highest BCUT2D eigenvalue weighted by Gasteiger charge is 2.28. The quantitative estimate of drug-likeness (QED) is 0.769. The van der Waals surface area contributed by atoms with Crippen LogP contribution in [-0.2, 0) is 11.3 Å². The molecule has 2 aromatic rings. The maximum atomic E-state index is 12.0. The monoisotopic (exact) mass is 343 g/mol. The Hall–Kier alpha value is -2.87. The number of anilines is 2. The first-order chi connectivity index (χ1) is 12.0. The summed E-state index contributed by atoms with van der Waals surface area (Å²) in [5.41, 5.74) is 7.11. The molecule has 0 unspecified atom stereocenters. The first-order valence-corrected chi connectivity index (χ1v) is 8.15. The Balaban J connectivity index is 1.61. The third kappa shape index (κ3) is 4.36. The summed E-state index contributed by atoms with van der Waals surface area (Å²) in [6.45, 7) is 3.21. The molecule has 8 heteroatoms. The normalized spacial score (nSPS) is 17.4. The van der Waals surface area contributed by atoms with Crippen molar-refractivity contribution >= 4 is 23.4 Å². The minimum absolute atomic E-state index is 0.213. The lowest BCUT2D eigenvalue weighted by Crippen LogP contribution is -2.39. The second-order valence-corrected chi connectivity index (χ2v) is 6.13. The molecular formula is C17H21N5O3. The van der Waals surface area contributed by atoms with Crippen molar-refractivity contribution in [2.45, 2.75) is 32.4 Å². The minimum Gasteiger partial charge on any atom is -0.368 e. The van der Waals surface area contributed by atoms with E-state index < -0.39 is 6.03 Å². The molecule has 4 N–H and O–H groups in total. The predicted molar refractivity (Wildman–Crippen MR) is 92.9 cm³/mol. The summed E-state index contributed by atoms with van der Waals surface area (Å²) in [4.78, 5) is 25.6. The highest BCUT2D eigenvalue weighted by Crippen LogP contribution is 2.21. The third-order valence-electron chi connectivity index (χ3n) is 4.13. The van der Waals surface area contributed by atoms with Crippen LogP contribution in [0.5, 0.6) is 0 Å². The van der Waals surface area contributed by atoms with Gasteiger partial charge in [0.2, 0.25) is 5.91 Å². The number of primary amides is 1. The van der Waals surface area contributed by atoms with E-state index in [9.17, 15) is 9.59 Å². The summed E-state index contributed by atoms with van der Waals surface area (Å²) in [5, 5.41) is 9.07. The fraction of sp³-hybridized carbons (Fsp3) is 0.353. The van der Waals surface area contributed by atoms with E-state index in [1.54, 1.807) is 19.1 Å². The molecular weight excluding hydrogens is 322 g/mol. The maximum absolute atomic E-state index is 12.0. The van der Waals surface area contributed by atoms with Crippen molar-refractivity contribution in [3.05, 3.63) is 41.7 Å². The molecule has 132 valence electrons. The summed E-state index contributed by atoms with van der Waals surface area (Å²) < 4.78 is 4.90. The molecule has 1 aliphatic heterocycles. The van der Waals surface area contributed by atoms with Crippen LogP contribution in [-0.4, -0.2) is 34.6 Å². The van der Waals surface area contributed by atoms with E-state index in [1.165, 1.54) is 0 Å². The second-order valence-electron chi connectivity index (χ2n) is 6.13. The summed E-state index contributed by atoms with van der Waals surface area (Å²) in [5.74, 6) is 0.688. The molecule has 8 nitrogen and oxygen atoms in total. The Morgan fingerprint density at radius 1 is 1.36 bits per heavy atom. The van der Waals surface area contributed by atoms with Gasteiger partial charge in [-0.15, -0.1) is 0 Å². The average molecular weight is 343 g/mol. The van der Waals surface area contributed by atoms with Gasteiger partial charge in [0.05, 0.1) is 6.04 Å². The van der Waals surface area contributed by atoms with E-state index in [1.807, 2.05) is 18.2 Å². The van der Waals surface area contributed by atoms with Crippen molar-refractivity contribution in [1.29, 1.82) is 0 Å². The molecule has 0 spiro atoms. The molecule has 0 saturated carbocycles. The lowest BCUT2D eigenvalue weighted by Gasteiger charge is -2.22. The van der Waals surface area contributed by atoms with Gasteiger partial charge in [0.1, 0.15) is 5.76 Å². The van der Waals surface area contributed by atoms with E-state index in [2.05, 4.69) is 20.7 Å². The Bertz CT molecular complexity index is 773. The number of amides is 3. The van der Waals surface area contributed by atoms with Crippen molar-refractivity contribution in [2.24, 2.45) is 5.73 Å². The number of benzene rings is 1. The minimum atomic E-state index is -0.401. The zero-order chi connectivity index (χ0) is 17.8. The van der Waals surface area contributed by atoms with Crippen molar-refractivity contribution in [3.8, 4) is 0 Å². The molecule has 1 aromatic heterocycles. The first-order valence-electron chi connectivity index (χ1n) is 8.15. The highest BCUT2D eigenvalue weighted by molar-refractivity contribution is 5.99. The molecule has 3 amide bonds. The van der Waals surface area contributed by atoms with Gasteiger partial charge in [0, 0.05) is 18.3 Å². The van der Waals surface area contributed by atoms with Gasteiger partial charge in [0.25, 0.3) is 0 Å². The van der Waals surface area contributed by atoms with Crippen molar-refractivity contribution in [1.82, 2.24) is 10.1 Å². The van der Waals surface area contributed by atoms with Crippen molar-refractivity contribution in [3.63, 3.8) is 0 Å². The molecule has 1 atom stereocenters. The summed E-state index contributed by atoms with van der Waals surface area (Å²) in [7, 11) is 0. The topological polar surface area (TPSA) is 113 Å². The third-order valence-corrected chi connectivity index (χ3v) is 4.13. The van der Waals surface area contributed by atoms with Crippen LogP contribution in [0.15, 0.2) is 34.9 Å². The number of hydrogen-bond acceptors (Lipinski definition) is 5.